The van der Waals surface area contributed by atoms with E-state index in [-0.39, 0.29) is 11.8 Å². The summed E-state index contributed by atoms with van der Waals surface area (Å²) in [6.07, 6.45) is 1.79. The quantitative estimate of drug-likeness (QED) is 0.812. The predicted molar refractivity (Wildman–Crippen MR) is 73.2 cm³/mol. The Balaban J connectivity index is 2.74. The Kier molecular flexibility index (Phi) is 5.20. The van der Waals surface area contributed by atoms with Crippen LogP contribution in [0.3, 0.4) is 0 Å². The molecule has 2 nitrogen and oxygen atoms in total. The number of carbonyl (C=O) groups is 1. The van der Waals surface area contributed by atoms with Gasteiger partial charge in [0, 0.05) is 11.6 Å². The van der Waals surface area contributed by atoms with E-state index in [1.54, 1.807) is 0 Å². The van der Waals surface area contributed by atoms with E-state index in [9.17, 15) is 4.79 Å². The topological polar surface area (TPSA) is 29.1 Å². The second kappa shape index (κ2) is 6.43. The summed E-state index contributed by atoms with van der Waals surface area (Å²) in [4.78, 5) is 11.9. The SMILES string of the molecule is CCC(CC)C(=O)Nc1cccc(C(C)C)c1. The van der Waals surface area contributed by atoms with Crippen LogP contribution >= 0.6 is 0 Å². The van der Waals surface area contributed by atoms with Gasteiger partial charge in [-0.3, -0.25) is 4.79 Å². The van der Waals surface area contributed by atoms with Crippen molar-refractivity contribution >= 4 is 11.6 Å². The van der Waals surface area contributed by atoms with Crippen LogP contribution in [0.25, 0.3) is 0 Å². The van der Waals surface area contributed by atoms with Crippen LogP contribution in [0, 0.1) is 5.92 Å². The Hall–Kier alpha value is -1.31. The molecular formula is C15H23NO. The maximum Gasteiger partial charge on any atom is 0.227 e. The predicted octanol–water partition coefficient (Wildman–Crippen LogP) is 4.18. The molecule has 94 valence electrons. The van der Waals surface area contributed by atoms with Gasteiger partial charge in [0.05, 0.1) is 0 Å². The van der Waals surface area contributed by atoms with E-state index in [0.717, 1.165) is 18.5 Å². The molecule has 1 aromatic rings. The fourth-order valence-electron chi connectivity index (χ4n) is 1.88. The van der Waals surface area contributed by atoms with Crippen molar-refractivity contribution in [3.63, 3.8) is 0 Å². The number of anilines is 1. The standard InChI is InChI=1S/C15H23NO/c1-5-12(6-2)15(17)16-14-9-7-8-13(10-14)11(3)4/h7-12H,5-6H2,1-4H3,(H,16,17). The van der Waals surface area contributed by atoms with Crippen molar-refractivity contribution in [2.75, 3.05) is 5.32 Å². The summed E-state index contributed by atoms with van der Waals surface area (Å²) in [7, 11) is 0. The molecule has 0 heterocycles. The molecule has 0 saturated heterocycles. The molecule has 1 rings (SSSR count). The molecule has 1 aromatic carbocycles. The third-order valence-corrected chi connectivity index (χ3v) is 3.18. The Bertz CT molecular complexity index is 367. The van der Waals surface area contributed by atoms with Crippen molar-refractivity contribution in [1.82, 2.24) is 0 Å². The van der Waals surface area contributed by atoms with Crippen LogP contribution in [-0.4, -0.2) is 5.91 Å². The first-order valence-corrected chi connectivity index (χ1v) is 6.49. The minimum absolute atomic E-state index is 0.123. The second-order valence-electron chi connectivity index (χ2n) is 4.78. The molecule has 0 radical (unpaired) electrons. The second-order valence-corrected chi connectivity index (χ2v) is 4.78. The van der Waals surface area contributed by atoms with E-state index >= 15 is 0 Å². The molecule has 0 spiro atoms. The molecule has 0 saturated carbocycles. The molecule has 0 fully saturated rings. The smallest absolute Gasteiger partial charge is 0.227 e. The molecular weight excluding hydrogens is 210 g/mol. The van der Waals surface area contributed by atoms with E-state index in [0.29, 0.717) is 5.92 Å². The zero-order valence-corrected chi connectivity index (χ0v) is 11.3. The summed E-state index contributed by atoms with van der Waals surface area (Å²) < 4.78 is 0. The first kappa shape index (κ1) is 13.8. The number of nitrogens with one attached hydrogen (secondary N) is 1. The minimum Gasteiger partial charge on any atom is -0.326 e. The summed E-state index contributed by atoms with van der Waals surface area (Å²) in [5.74, 6) is 0.744. The summed E-state index contributed by atoms with van der Waals surface area (Å²) in [5.41, 5.74) is 2.17. The lowest BCUT2D eigenvalue weighted by Gasteiger charge is -2.14. The van der Waals surface area contributed by atoms with Gasteiger partial charge >= 0.3 is 0 Å². The highest BCUT2D eigenvalue weighted by atomic mass is 16.1. The van der Waals surface area contributed by atoms with Crippen molar-refractivity contribution in [3.05, 3.63) is 29.8 Å². The lowest BCUT2D eigenvalue weighted by atomic mass is 10.0. The van der Waals surface area contributed by atoms with Gasteiger partial charge in [0.25, 0.3) is 0 Å². The van der Waals surface area contributed by atoms with Crippen LogP contribution in [0.5, 0.6) is 0 Å². The van der Waals surface area contributed by atoms with E-state index < -0.39 is 0 Å². The lowest BCUT2D eigenvalue weighted by molar-refractivity contribution is -0.120. The molecule has 0 aromatic heterocycles. The van der Waals surface area contributed by atoms with E-state index in [4.69, 9.17) is 0 Å². The fourth-order valence-corrected chi connectivity index (χ4v) is 1.88. The van der Waals surface area contributed by atoms with Gasteiger partial charge in [0.15, 0.2) is 0 Å². The van der Waals surface area contributed by atoms with Gasteiger partial charge in [-0.1, -0.05) is 39.8 Å². The van der Waals surface area contributed by atoms with Crippen LogP contribution in [0.4, 0.5) is 5.69 Å². The van der Waals surface area contributed by atoms with Crippen LogP contribution in [0.15, 0.2) is 24.3 Å². The molecule has 0 aliphatic rings. The molecule has 0 bridgehead atoms. The first-order valence-electron chi connectivity index (χ1n) is 6.49. The maximum absolute atomic E-state index is 11.9. The monoisotopic (exact) mass is 233 g/mol. The lowest BCUT2D eigenvalue weighted by Crippen LogP contribution is -2.21. The van der Waals surface area contributed by atoms with Gasteiger partial charge in [-0.05, 0) is 36.5 Å². The number of hydrogen-bond acceptors (Lipinski definition) is 1. The highest BCUT2D eigenvalue weighted by molar-refractivity contribution is 5.92. The molecule has 0 atom stereocenters. The Morgan fingerprint density at radius 3 is 2.41 bits per heavy atom. The molecule has 1 amide bonds. The Labute approximate surface area is 104 Å². The highest BCUT2D eigenvalue weighted by Gasteiger charge is 2.14. The van der Waals surface area contributed by atoms with Crippen molar-refractivity contribution in [1.29, 1.82) is 0 Å². The van der Waals surface area contributed by atoms with Crippen LogP contribution in [0.2, 0.25) is 0 Å². The zero-order chi connectivity index (χ0) is 12.8. The third kappa shape index (κ3) is 3.88. The van der Waals surface area contributed by atoms with Crippen LogP contribution < -0.4 is 5.32 Å². The maximum atomic E-state index is 11.9. The Morgan fingerprint density at radius 1 is 1.24 bits per heavy atom. The molecule has 0 aliphatic heterocycles. The Morgan fingerprint density at radius 2 is 1.88 bits per heavy atom. The largest absolute Gasteiger partial charge is 0.326 e. The van der Waals surface area contributed by atoms with Gasteiger partial charge in [-0.25, -0.2) is 0 Å². The van der Waals surface area contributed by atoms with Crippen molar-refractivity contribution in [3.8, 4) is 0 Å². The first-order chi connectivity index (χ1) is 8.08. The van der Waals surface area contributed by atoms with E-state index in [2.05, 4.69) is 45.1 Å². The molecule has 0 aliphatic carbocycles. The molecule has 1 N–H and O–H groups in total. The normalized spacial score (nSPS) is 10.9. The number of benzene rings is 1. The summed E-state index contributed by atoms with van der Waals surface area (Å²) in [5, 5.41) is 3.00. The van der Waals surface area contributed by atoms with Crippen molar-refractivity contribution in [2.45, 2.75) is 46.5 Å². The van der Waals surface area contributed by atoms with Crippen LogP contribution in [-0.2, 0) is 4.79 Å². The van der Waals surface area contributed by atoms with Gasteiger partial charge in [0.1, 0.15) is 0 Å². The van der Waals surface area contributed by atoms with Gasteiger partial charge in [0.2, 0.25) is 5.91 Å². The molecule has 17 heavy (non-hydrogen) atoms. The van der Waals surface area contributed by atoms with E-state index in [1.807, 2.05) is 12.1 Å². The minimum atomic E-state index is 0.123. The molecule has 2 heteroatoms. The van der Waals surface area contributed by atoms with Crippen molar-refractivity contribution < 1.29 is 4.79 Å². The number of rotatable bonds is 5. The summed E-state index contributed by atoms with van der Waals surface area (Å²) in [6, 6.07) is 8.10. The average Bonchev–Trinajstić information content (AvgIpc) is 2.30. The number of amides is 1. The van der Waals surface area contributed by atoms with Crippen LogP contribution in [0.1, 0.15) is 52.0 Å². The van der Waals surface area contributed by atoms with E-state index in [1.165, 1.54) is 5.56 Å². The number of hydrogen-bond donors (Lipinski definition) is 1. The average molecular weight is 233 g/mol. The fraction of sp³-hybridized carbons (Fsp3) is 0.533. The molecule has 0 unspecified atom stereocenters. The van der Waals surface area contributed by atoms with Gasteiger partial charge in [-0.2, -0.15) is 0 Å². The third-order valence-electron chi connectivity index (χ3n) is 3.18. The summed E-state index contributed by atoms with van der Waals surface area (Å²) in [6.45, 7) is 8.42. The van der Waals surface area contributed by atoms with Gasteiger partial charge < -0.3 is 5.32 Å². The summed E-state index contributed by atoms with van der Waals surface area (Å²) >= 11 is 0. The van der Waals surface area contributed by atoms with Gasteiger partial charge in [-0.15, -0.1) is 0 Å². The number of carbonyl (C=O) groups excluding carboxylic acids is 1. The zero-order valence-electron chi connectivity index (χ0n) is 11.3. The highest BCUT2D eigenvalue weighted by Crippen LogP contribution is 2.19. The van der Waals surface area contributed by atoms with Crippen molar-refractivity contribution in [2.24, 2.45) is 5.92 Å².